The lowest BCUT2D eigenvalue weighted by atomic mass is 10.2. The number of aldehydes is 1. The number of nitrogens with zero attached hydrogens (tertiary/aromatic N) is 1. The Morgan fingerprint density at radius 1 is 1.38 bits per heavy atom. The van der Waals surface area contributed by atoms with Gasteiger partial charge in [-0.1, -0.05) is 0 Å². The molecule has 0 amide bonds. The monoisotopic (exact) mass is 235 g/mol. The highest BCUT2D eigenvalue weighted by molar-refractivity contribution is 5.77. The minimum Gasteiger partial charge on any atom is -0.398 e. The minimum absolute atomic E-state index is 0.110. The second-order valence-electron chi connectivity index (χ2n) is 2.65. The van der Waals surface area contributed by atoms with E-state index in [9.17, 15) is 28.1 Å². The zero-order valence-electron chi connectivity index (χ0n) is 7.52. The van der Waals surface area contributed by atoms with Gasteiger partial charge in [0, 0.05) is 11.6 Å². The van der Waals surface area contributed by atoms with Crippen LogP contribution in [0.1, 0.15) is 10.4 Å². The highest BCUT2D eigenvalue weighted by Gasteiger charge is 2.34. The van der Waals surface area contributed by atoms with Crippen LogP contribution in [0.15, 0.2) is 18.2 Å². The molecule has 0 saturated carbocycles. The van der Waals surface area contributed by atoms with E-state index in [4.69, 9.17) is 0 Å². The molecule has 0 aliphatic heterocycles. The topological polar surface area (TPSA) is 69.4 Å². The molecule has 8 heteroatoms. The number of ether oxygens (including phenoxy) is 1. The molecule has 0 radical (unpaired) electrons. The fourth-order valence-electron chi connectivity index (χ4n) is 0.961. The molecule has 0 spiro atoms. The minimum atomic E-state index is -5.02. The van der Waals surface area contributed by atoms with Crippen molar-refractivity contribution in [1.82, 2.24) is 0 Å². The molecule has 5 nitrogen and oxygen atoms in total. The number of nitro groups is 1. The first kappa shape index (κ1) is 12.0. The Hall–Kier alpha value is -2.12. The van der Waals surface area contributed by atoms with Crippen molar-refractivity contribution in [2.24, 2.45) is 0 Å². The van der Waals surface area contributed by atoms with E-state index < -0.39 is 22.7 Å². The maximum atomic E-state index is 11.9. The number of benzene rings is 1. The first-order chi connectivity index (χ1) is 7.33. The summed E-state index contributed by atoms with van der Waals surface area (Å²) in [5.74, 6) is -0.955. The van der Waals surface area contributed by atoms with Crippen LogP contribution < -0.4 is 4.74 Å². The van der Waals surface area contributed by atoms with Gasteiger partial charge in [-0.15, -0.1) is 13.2 Å². The van der Waals surface area contributed by atoms with Gasteiger partial charge in [0.1, 0.15) is 6.29 Å². The second-order valence-corrected chi connectivity index (χ2v) is 2.65. The molecule has 0 N–H and O–H groups in total. The predicted octanol–water partition coefficient (Wildman–Crippen LogP) is 2.31. The summed E-state index contributed by atoms with van der Waals surface area (Å²) in [5.41, 5.74) is -1.02. The fourth-order valence-corrected chi connectivity index (χ4v) is 0.961. The smallest absolute Gasteiger partial charge is 0.398 e. The van der Waals surface area contributed by atoms with E-state index in [2.05, 4.69) is 4.74 Å². The molecule has 0 atom stereocenters. The molecule has 0 aromatic heterocycles. The summed E-state index contributed by atoms with van der Waals surface area (Å²) in [7, 11) is 0. The molecule has 0 aliphatic carbocycles. The third kappa shape index (κ3) is 2.94. The average molecular weight is 235 g/mol. The quantitative estimate of drug-likeness (QED) is 0.458. The van der Waals surface area contributed by atoms with Gasteiger partial charge >= 0.3 is 12.0 Å². The van der Waals surface area contributed by atoms with Crippen LogP contribution in [-0.4, -0.2) is 17.6 Å². The number of nitro benzene ring substituents is 1. The standard InChI is InChI=1S/C8H4F3NO4/c9-8(10,11)16-7-2-1-5(4-13)3-6(7)12(14)15/h1-4H. The maximum absolute atomic E-state index is 11.9. The molecular weight excluding hydrogens is 231 g/mol. The summed E-state index contributed by atoms with van der Waals surface area (Å²) < 4.78 is 39.0. The van der Waals surface area contributed by atoms with Crippen molar-refractivity contribution in [2.75, 3.05) is 0 Å². The van der Waals surface area contributed by atoms with Gasteiger partial charge in [-0.3, -0.25) is 14.9 Å². The Balaban J connectivity index is 3.18. The van der Waals surface area contributed by atoms with Gasteiger partial charge in [-0.2, -0.15) is 0 Å². The van der Waals surface area contributed by atoms with Gasteiger partial charge in [-0.05, 0) is 12.1 Å². The van der Waals surface area contributed by atoms with Crippen LogP contribution in [0.25, 0.3) is 0 Å². The molecular formula is C8H4F3NO4. The van der Waals surface area contributed by atoms with Crippen molar-refractivity contribution >= 4 is 12.0 Å². The third-order valence-electron chi connectivity index (χ3n) is 1.54. The SMILES string of the molecule is O=Cc1ccc(OC(F)(F)F)c([N+](=O)[O-])c1. The zero-order chi connectivity index (χ0) is 12.3. The summed E-state index contributed by atoms with van der Waals surface area (Å²) in [6.45, 7) is 0. The van der Waals surface area contributed by atoms with Gasteiger partial charge < -0.3 is 4.74 Å². The molecule has 0 heterocycles. The predicted molar refractivity (Wildman–Crippen MR) is 45.2 cm³/mol. The molecule has 16 heavy (non-hydrogen) atoms. The van der Waals surface area contributed by atoms with Crippen LogP contribution in [-0.2, 0) is 0 Å². The number of halogens is 3. The van der Waals surface area contributed by atoms with E-state index in [1.807, 2.05) is 0 Å². The Morgan fingerprint density at radius 2 is 2.00 bits per heavy atom. The van der Waals surface area contributed by atoms with E-state index in [0.29, 0.717) is 6.07 Å². The van der Waals surface area contributed by atoms with Crippen LogP contribution >= 0.6 is 0 Å². The lowest BCUT2D eigenvalue weighted by Gasteiger charge is -2.08. The van der Waals surface area contributed by atoms with E-state index in [1.165, 1.54) is 0 Å². The van der Waals surface area contributed by atoms with Crippen LogP contribution in [0.3, 0.4) is 0 Å². The molecule has 1 aromatic rings. The number of hydrogen-bond acceptors (Lipinski definition) is 4. The first-order valence-corrected chi connectivity index (χ1v) is 3.83. The number of carbonyl (C=O) groups is 1. The summed E-state index contributed by atoms with van der Waals surface area (Å²) in [4.78, 5) is 19.6. The number of carbonyl (C=O) groups excluding carboxylic acids is 1. The lowest BCUT2D eigenvalue weighted by molar-refractivity contribution is -0.388. The normalized spacial score (nSPS) is 10.9. The summed E-state index contributed by atoms with van der Waals surface area (Å²) in [6, 6.07) is 2.41. The number of hydrogen-bond donors (Lipinski definition) is 0. The van der Waals surface area contributed by atoms with Crippen molar-refractivity contribution in [3.05, 3.63) is 33.9 Å². The van der Waals surface area contributed by atoms with Crippen molar-refractivity contribution < 1.29 is 27.6 Å². The van der Waals surface area contributed by atoms with Crippen molar-refractivity contribution in [1.29, 1.82) is 0 Å². The van der Waals surface area contributed by atoms with Crippen LogP contribution in [0, 0.1) is 10.1 Å². The van der Waals surface area contributed by atoms with Crippen molar-refractivity contribution in [3.8, 4) is 5.75 Å². The van der Waals surface area contributed by atoms with Gasteiger partial charge in [0.2, 0.25) is 5.75 Å². The summed E-state index contributed by atoms with van der Waals surface area (Å²) in [6.07, 6.45) is -4.74. The largest absolute Gasteiger partial charge is 0.573 e. The summed E-state index contributed by atoms with van der Waals surface area (Å²) >= 11 is 0. The Morgan fingerprint density at radius 3 is 2.44 bits per heavy atom. The van der Waals surface area contributed by atoms with Gasteiger partial charge in [-0.25, -0.2) is 0 Å². The maximum Gasteiger partial charge on any atom is 0.573 e. The lowest BCUT2D eigenvalue weighted by Crippen LogP contribution is -2.18. The van der Waals surface area contributed by atoms with E-state index in [0.717, 1.165) is 12.1 Å². The average Bonchev–Trinajstić information content (AvgIpc) is 2.15. The highest BCUT2D eigenvalue weighted by atomic mass is 19.4. The second kappa shape index (κ2) is 4.17. The fraction of sp³-hybridized carbons (Fsp3) is 0.125. The zero-order valence-corrected chi connectivity index (χ0v) is 7.52. The van der Waals surface area contributed by atoms with Gasteiger partial charge in [0.05, 0.1) is 4.92 Å². The molecule has 0 bridgehead atoms. The first-order valence-electron chi connectivity index (χ1n) is 3.83. The van der Waals surface area contributed by atoms with E-state index in [-0.39, 0.29) is 11.8 Å². The number of alkyl halides is 3. The molecule has 0 unspecified atom stereocenters. The summed E-state index contributed by atoms with van der Waals surface area (Å²) in [5, 5.41) is 10.4. The Bertz CT molecular complexity index is 430. The van der Waals surface area contributed by atoms with Crippen LogP contribution in [0.4, 0.5) is 18.9 Å². The molecule has 86 valence electrons. The van der Waals surface area contributed by atoms with E-state index >= 15 is 0 Å². The highest BCUT2D eigenvalue weighted by Crippen LogP contribution is 2.32. The van der Waals surface area contributed by atoms with Gasteiger partial charge in [0.25, 0.3) is 0 Å². The Kier molecular flexibility index (Phi) is 3.11. The molecule has 0 fully saturated rings. The number of rotatable bonds is 3. The van der Waals surface area contributed by atoms with E-state index in [1.54, 1.807) is 0 Å². The van der Waals surface area contributed by atoms with Crippen molar-refractivity contribution in [3.63, 3.8) is 0 Å². The van der Waals surface area contributed by atoms with Crippen LogP contribution in [0.5, 0.6) is 5.75 Å². The molecule has 0 aliphatic rings. The Labute approximate surface area is 86.6 Å². The molecule has 1 rings (SSSR count). The molecule has 0 saturated heterocycles. The molecule has 1 aromatic carbocycles. The third-order valence-corrected chi connectivity index (χ3v) is 1.54. The van der Waals surface area contributed by atoms with Gasteiger partial charge in [0.15, 0.2) is 0 Å². The van der Waals surface area contributed by atoms with Crippen LogP contribution in [0.2, 0.25) is 0 Å². The van der Waals surface area contributed by atoms with Crippen molar-refractivity contribution in [2.45, 2.75) is 6.36 Å².